The fourth-order valence-electron chi connectivity index (χ4n) is 2.99. The SMILES string of the molecule is CCNC1CCC(O)(Cc2ccccc2C)CC1. The fourth-order valence-corrected chi connectivity index (χ4v) is 2.99. The van der Waals surface area contributed by atoms with Crippen LogP contribution >= 0.6 is 0 Å². The molecule has 2 N–H and O–H groups in total. The van der Waals surface area contributed by atoms with Gasteiger partial charge in [0.05, 0.1) is 5.60 Å². The summed E-state index contributed by atoms with van der Waals surface area (Å²) in [5.74, 6) is 0. The van der Waals surface area contributed by atoms with E-state index in [1.54, 1.807) is 0 Å². The van der Waals surface area contributed by atoms with E-state index in [-0.39, 0.29) is 0 Å². The number of rotatable bonds is 4. The Morgan fingerprint density at radius 3 is 2.56 bits per heavy atom. The third-order valence-corrected chi connectivity index (χ3v) is 4.19. The van der Waals surface area contributed by atoms with Gasteiger partial charge in [-0.15, -0.1) is 0 Å². The van der Waals surface area contributed by atoms with E-state index in [9.17, 15) is 5.11 Å². The van der Waals surface area contributed by atoms with Gasteiger partial charge in [0.2, 0.25) is 0 Å². The maximum atomic E-state index is 10.7. The molecule has 0 aromatic heterocycles. The number of hydrogen-bond acceptors (Lipinski definition) is 2. The molecule has 0 unspecified atom stereocenters. The summed E-state index contributed by atoms with van der Waals surface area (Å²) in [6, 6.07) is 9.00. The van der Waals surface area contributed by atoms with Gasteiger partial charge in [0.25, 0.3) is 0 Å². The molecule has 2 heteroatoms. The summed E-state index contributed by atoms with van der Waals surface area (Å²) in [7, 11) is 0. The molecular weight excluding hydrogens is 222 g/mol. The maximum absolute atomic E-state index is 10.7. The number of aryl methyl sites for hydroxylation is 1. The Labute approximate surface area is 110 Å². The van der Waals surface area contributed by atoms with E-state index < -0.39 is 5.60 Å². The highest BCUT2D eigenvalue weighted by Crippen LogP contribution is 2.32. The van der Waals surface area contributed by atoms with Crippen molar-refractivity contribution < 1.29 is 5.11 Å². The first-order chi connectivity index (χ1) is 8.63. The number of benzene rings is 1. The minimum atomic E-state index is -0.488. The predicted molar refractivity (Wildman–Crippen MR) is 75.8 cm³/mol. The van der Waals surface area contributed by atoms with Crippen LogP contribution < -0.4 is 5.32 Å². The summed E-state index contributed by atoms with van der Waals surface area (Å²) >= 11 is 0. The van der Waals surface area contributed by atoms with Gasteiger partial charge in [-0.3, -0.25) is 0 Å². The lowest BCUT2D eigenvalue weighted by Crippen LogP contribution is -2.42. The fraction of sp³-hybridized carbons (Fsp3) is 0.625. The minimum absolute atomic E-state index is 0.488. The Morgan fingerprint density at radius 2 is 1.94 bits per heavy atom. The molecule has 0 atom stereocenters. The highest BCUT2D eigenvalue weighted by molar-refractivity contribution is 5.27. The van der Waals surface area contributed by atoms with Gasteiger partial charge in [-0.25, -0.2) is 0 Å². The first kappa shape index (κ1) is 13.6. The zero-order valence-electron chi connectivity index (χ0n) is 11.6. The molecule has 1 aliphatic rings. The zero-order chi connectivity index (χ0) is 13.0. The van der Waals surface area contributed by atoms with E-state index in [1.807, 2.05) is 0 Å². The first-order valence-corrected chi connectivity index (χ1v) is 7.13. The lowest BCUT2D eigenvalue weighted by atomic mass is 9.78. The van der Waals surface area contributed by atoms with Crippen LogP contribution in [-0.4, -0.2) is 23.3 Å². The molecule has 0 heterocycles. The van der Waals surface area contributed by atoms with Crippen LogP contribution in [0.15, 0.2) is 24.3 Å². The average molecular weight is 247 g/mol. The van der Waals surface area contributed by atoms with Gasteiger partial charge in [0, 0.05) is 12.5 Å². The molecule has 0 spiro atoms. The molecule has 2 nitrogen and oxygen atoms in total. The molecule has 2 rings (SSSR count). The van der Waals surface area contributed by atoms with E-state index in [1.165, 1.54) is 11.1 Å². The van der Waals surface area contributed by atoms with Gasteiger partial charge in [0.1, 0.15) is 0 Å². The van der Waals surface area contributed by atoms with Crippen molar-refractivity contribution in [2.75, 3.05) is 6.54 Å². The third kappa shape index (κ3) is 3.33. The second-order valence-corrected chi connectivity index (χ2v) is 5.66. The quantitative estimate of drug-likeness (QED) is 0.857. The second kappa shape index (κ2) is 5.85. The Hall–Kier alpha value is -0.860. The number of nitrogens with one attached hydrogen (secondary N) is 1. The van der Waals surface area contributed by atoms with Crippen molar-refractivity contribution in [3.63, 3.8) is 0 Å². The summed E-state index contributed by atoms with van der Waals surface area (Å²) in [6.45, 7) is 5.30. The molecule has 1 fully saturated rings. The molecule has 18 heavy (non-hydrogen) atoms. The van der Waals surface area contributed by atoms with Crippen LogP contribution in [0.2, 0.25) is 0 Å². The molecule has 0 amide bonds. The second-order valence-electron chi connectivity index (χ2n) is 5.66. The van der Waals surface area contributed by atoms with Gasteiger partial charge in [0.15, 0.2) is 0 Å². The van der Waals surface area contributed by atoms with E-state index in [2.05, 4.69) is 43.4 Å². The van der Waals surface area contributed by atoms with Crippen LogP contribution in [0.3, 0.4) is 0 Å². The summed E-state index contributed by atoms with van der Waals surface area (Å²) in [5, 5.41) is 14.2. The van der Waals surface area contributed by atoms with Crippen LogP contribution in [0, 0.1) is 6.92 Å². The third-order valence-electron chi connectivity index (χ3n) is 4.19. The lowest BCUT2D eigenvalue weighted by Gasteiger charge is -2.36. The number of hydrogen-bond donors (Lipinski definition) is 2. The molecule has 1 aromatic rings. The Kier molecular flexibility index (Phi) is 4.41. The van der Waals surface area contributed by atoms with E-state index >= 15 is 0 Å². The van der Waals surface area contributed by atoms with E-state index in [4.69, 9.17) is 0 Å². The average Bonchev–Trinajstić information content (AvgIpc) is 2.36. The monoisotopic (exact) mass is 247 g/mol. The van der Waals surface area contributed by atoms with Gasteiger partial charge in [-0.1, -0.05) is 31.2 Å². The van der Waals surface area contributed by atoms with Crippen LogP contribution in [0.25, 0.3) is 0 Å². The molecule has 0 saturated heterocycles. The van der Waals surface area contributed by atoms with Gasteiger partial charge in [-0.2, -0.15) is 0 Å². The van der Waals surface area contributed by atoms with Crippen molar-refractivity contribution >= 4 is 0 Å². The van der Waals surface area contributed by atoms with E-state index in [0.717, 1.165) is 38.6 Å². The highest BCUT2D eigenvalue weighted by atomic mass is 16.3. The summed E-state index contributed by atoms with van der Waals surface area (Å²) in [6.07, 6.45) is 4.82. The van der Waals surface area contributed by atoms with Crippen molar-refractivity contribution in [2.24, 2.45) is 0 Å². The number of aliphatic hydroxyl groups is 1. The van der Waals surface area contributed by atoms with Crippen molar-refractivity contribution in [1.29, 1.82) is 0 Å². The molecule has 1 aromatic carbocycles. The Morgan fingerprint density at radius 1 is 1.28 bits per heavy atom. The van der Waals surface area contributed by atoms with E-state index in [0.29, 0.717) is 6.04 Å². The van der Waals surface area contributed by atoms with Crippen LogP contribution in [0.4, 0.5) is 0 Å². The zero-order valence-corrected chi connectivity index (χ0v) is 11.6. The molecular formula is C16H25NO. The summed E-state index contributed by atoms with van der Waals surface area (Å²) in [4.78, 5) is 0. The lowest BCUT2D eigenvalue weighted by molar-refractivity contribution is -0.00306. The standard InChI is InChI=1S/C16H25NO/c1-3-17-15-8-10-16(18,11-9-15)12-14-7-5-4-6-13(14)2/h4-7,15,17-18H,3,8-12H2,1-2H3. The van der Waals surface area contributed by atoms with Crippen molar-refractivity contribution in [3.8, 4) is 0 Å². The smallest absolute Gasteiger partial charge is 0.0689 e. The van der Waals surface area contributed by atoms with Crippen molar-refractivity contribution in [3.05, 3.63) is 35.4 Å². The largest absolute Gasteiger partial charge is 0.390 e. The van der Waals surface area contributed by atoms with Gasteiger partial charge in [-0.05, 0) is 50.3 Å². The van der Waals surface area contributed by atoms with Crippen molar-refractivity contribution in [1.82, 2.24) is 5.32 Å². The normalized spacial score (nSPS) is 28.3. The molecule has 0 bridgehead atoms. The van der Waals surface area contributed by atoms with Crippen LogP contribution in [0.5, 0.6) is 0 Å². The first-order valence-electron chi connectivity index (χ1n) is 7.13. The van der Waals surface area contributed by atoms with Gasteiger partial charge < -0.3 is 10.4 Å². The highest BCUT2D eigenvalue weighted by Gasteiger charge is 2.33. The minimum Gasteiger partial charge on any atom is -0.390 e. The van der Waals surface area contributed by atoms with Crippen LogP contribution in [-0.2, 0) is 6.42 Å². The molecule has 1 saturated carbocycles. The maximum Gasteiger partial charge on any atom is 0.0689 e. The Balaban J connectivity index is 1.96. The summed E-state index contributed by atoms with van der Waals surface area (Å²) in [5.41, 5.74) is 2.10. The molecule has 0 radical (unpaired) electrons. The van der Waals surface area contributed by atoms with Crippen LogP contribution in [0.1, 0.15) is 43.7 Å². The van der Waals surface area contributed by atoms with Gasteiger partial charge >= 0.3 is 0 Å². The Bertz CT molecular complexity index is 380. The predicted octanol–water partition coefficient (Wildman–Crippen LogP) is 2.82. The summed E-state index contributed by atoms with van der Waals surface area (Å²) < 4.78 is 0. The molecule has 0 aliphatic heterocycles. The topological polar surface area (TPSA) is 32.3 Å². The van der Waals surface area contributed by atoms with Crippen molar-refractivity contribution in [2.45, 2.75) is 57.6 Å². The molecule has 100 valence electrons. The molecule has 1 aliphatic carbocycles.